The summed E-state index contributed by atoms with van der Waals surface area (Å²) in [4.78, 5) is 12.5. The van der Waals surface area contributed by atoms with Crippen molar-refractivity contribution in [2.24, 2.45) is 0 Å². The third-order valence-electron chi connectivity index (χ3n) is 3.03. The molecule has 2 aromatic rings. The van der Waals surface area contributed by atoms with Gasteiger partial charge in [0.1, 0.15) is 0 Å². The Bertz CT molecular complexity index is 595. The topological polar surface area (TPSA) is 52.6 Å². The molecule has 0 aliphatic heterocycles. The first-order chi connectivity index (χ1) is 9.97. The van der Waals surface area contributed by atoms with E-state index in [9.17, 15) is 4.79 Å². The molecule has 0 unspecified atom stereocenters. The quantitative estimate of drug-likeness (QED) is 0.907. The van der Waals surface area contributed by atoms with Crippen LogP contribution in [-0.4, -0.2) is 32.2 Å². The summed E-state index contributed by atoms with van der Waals surface area (Å²) in [5.41, 5.74) is 3.56. The van der Waals surface area contributed by atoms with Crippen LogP contribution >= 0.6 is 0 Å². The molecule has 0 aliphatic carbocycles. The van der Waals surface area contributed by atoms with Crippen LogP contribution in [0.1, 0.15) is 15.9 Å². The third kappa shape index (κ3) is 4.84. The predicted molar refractivity (Wildman–Crippen MR) is 88.5 cm³/mol. The van der Waals surface area contributed by atoms with E-state index in [1.807, 2.05) is 39.3 Å². The monoisotopic (exact) mass is 286 g/mol. The number of nitrogens with one attached hydrogen (secondary N) is 1. The number of hydrogen-bond acceptors (Lipinski definition) is 3. The Morgan fingerprint density at radius 1 is 1.05 bits per heavy atom. The van der Waals surface area contributed by atoms with Gasteiger partial charge in [0.15, 0.2) is 0 Å². The fourth-order valence-corrected chi connectivity index (χ4v) is 1.90. The Labute approximate surface area is 126 Å². The number of carbonyl (C=O) groups is 1. The molecule has 2 aromatic carbocycles. The van der Waals surface area contributed by atoms with E-state index in [1.165, 1.54) is 11.3 Å². The van der Waals surface area contributed by atoms with E-state index in [-0.39, 0.29) is 0 Å². The molecular weight excluding hydrogens is 264 g/mol. The van der Waals surface area contributed by atoms with Gasteiger partial charge in [-0.25, -0.2) is 4.79 Å². The van der Waals surface area contributed by atoms with Crippen molar-refractivity contribution in [3.05, 3.63) is 59.7 Å². The van der Waals surface area contributed by atoms with Crippen LogP contribution in [0, 0.1) is 6.92 Å². The number of carboxylic acids is 1. The van der Waals surface area contributed by atoms with E-state index in [0.717, 1.165) is 5.69 Å². The maximum absolute atomic E-state index is 10.7. The SMILES string of the molecule is CN(C)c1ccccc1C(=O)O.CNc1ccccc1C. The maximum atomic E-state index is 10.7. The van der Waals surface area contributed by atoms with Crippen LogP contribution in [0.2, 0.25) is 0 Å². The summed E-state index contributed by atoms with van der Waals surface area (Å²) in [6.45, 7) is 2.09. The molecule has 0 saturated carbocycles. The van der Waals surface area contributed by atoms with Gasteiger partial charge in [-0.15, -0.1) is 0 Å². The number of benzene rings is 2. The largest absolute Gasteiger partial charge is 0.478 e. The van der Waals surface area contributed by atoms with Gasteiger partial charge < -0.3 is 15.3 Å². The normalized spacial score (nSPS) is 9.33. The molecule has 0 bridgehead atoms. The van der Waals surface area contributed by atoms with Gasteiger partial charge in [0.25, 0.3) is 0 Å². The van der Waals surface area contributed by atoms with Gasteiger partial charge in [-0.3, -0.25) is 0 Å². The molecule has 0 fully saturated rings. The second-order valence-corrected chi connectivity index (χ2v) is 4.78. The summed E-state index contributed by atoms with van der Waals surface area (Å²) >= 11 is 0. The third-order valence-corrected chi connectivity index (χ3v) is 3.03. The van der Waals surface area contributed by atoms with E-state index < -0.39 is 5.97 Å². The fourth-order valence-electron chi connectivity index (χ4n) is 1.90. The molecule has 2 N–H and O–H groups in total. The minimum absolute atomic E-state index is 0.336. The minimum Gasteiger partial charge on any atom is -0.478 e. The van der Waals surface area contributed by atoms with Crippen molar-refractivity contribution in [2.75, 3.05) is 31.4 Å². The molecule has 21 heavy (non-hydrogen) atoms. The number of carboxylic acid groups (broad SMARTS) is 1. The van der Waals surface area contributed by atoms with Gasteiger partial charge in [-0.1, -0.05) is 30.3 Å². The highest BCUT2D eigenvalue weighted by atomic mass is 16.4. The Morgan fingerprint density at radius 2 is 1.62 bits per heavy atom. The molecule has 2 rings (SSSR count). The molecule has 0 heterocycles. The summed E-state index contributed by atoms with van der Waals surface area (Å²) in [6.07, 6.45) is 0. The molecule has 0 atom stereocenters. The highest BCUT2D eigenvalue weighted by Gasteiger charge is 2.09. The lowest BCUT2D eigenvalue weighted by Crippen LogP contribution is -2.13. The molecule has 0 radical (unpaired) electrons. The van der Waals surface area contributed by atoms with Crippen LogP contribution in [-0.2, 0) is 0 Å². The average Bonchev–Trinajstić information content (AvgIpc) is 2.48. The number of para-hydroxylation sites is 2. The van der Waals surface area contributed by atoms with Crippen molar-refractivity contribution < 1.29 is 9.90 Å². The Hall–Kier alpha value is -2.49. The Morgan fingerprint density at radius 3 is 2.05 bits per heavy atom. The van der Waals surface area contributed by atoms with Gasteiger partial charge in [-0.05, 0) is 30.7 Å². The first-order valence-electron chi connectivity index (χ1n) is 6.70. The first kappa shape index (κ1) is 16.6. The number of rotatable bonds is 3. The summed E-state index contributed by atoms with van der Waals surface area (Å²) < 4.78 is 0. The zero-order valence-electron chi connectivity index (χ0n) is 12.9. The van der Waals surface area contributed by atoms with E-state index in [4.69, 9.17) is 5.11 Å². The average molecular weight is 286 g/mol. The lowest BCUT2D eigenvalue weighted by Gasteiger charge is -2.14. The van der Waals surface area contributed by atoms with Gasteiger partial charge in [-0.2, -0.15) is 0 Å². The molecule has 4 nitrogen and oxygen atoms in total. The van der Waals surface area contributed by atoms with Gasteiger partial charge in [0.05, 0.1) is 11.3 Å². The van der Waals surface area contributed by atoms with Gasteiger partial charge in [0.2, 0.25) is 0 Å². The van der Waals surface area contributed by atoms with E-state index in [2.05, 4.69) is 24.4 Å². The molecule has 4 heteroatoms. The zero-order valence-corrected chi connectivity index (χ0v) is 12.9. The molecule has 0 saturated heterocycles. The summed E-state index contributed by atoms with van der Waals surface area (Å²) in [7, 11) is 5.58. The number of aromatic carboxylic acids is 1. The lowest BCUT2D eigenvalue weighted by molar-refractivity contribution is 0.0697. The van der Waals surface area contributed by atoms with Crippen LogP contribution in [0.3, 0.4) is 0 Å². The molecular formula is C17H22N2O2. The maximum Gasteiger partial charge on any atom is 0.337 e. The fraction of sp³-hybridized carbons (Fsp3) is 0.235. The van der Waals surface area contributed by atoms with E-state index in [1.54, 1.807) is 23.1 Å². The first-order valence-corrected chi connectivity index (χ1v) is 6.70. The number of aryl methyl sites for hydroxylation is 1. The van der Waals surface area contributed by atoms with Crippen LogP contribution in [0.25, 0.3) is 0 Å². The second-order valence-electron chi connectivity index (χ2n) is 4.78. The molecule has 112 valence electrons. The second kappa shape index (κ2) is 7.94. The Balaban J connectivity index is 0.000000219. The highest BCUT2D eigenvalue weighted by Crippen LogP contribution is 2.17. The van der Waals surface area contributed by atoms with Crippen molar-refractivity contribution in [1.29, 1.82) is 0 Å². The number of hydrogen-bond donors (Lipinski definition) is 2. The van der Waals surface area contributed by atoms with Crippen molar-refractivity contribution >= 4 is 17.3 Å². The molecule has 0 spiro atoms. The van der Waals surface area contributed by atoms with Gasteiger partial charge >= 0.3 is 5.97 Å². The van der Waals surface area contributed by atoms with Gasteiger partial charge in [0, 0.05) is 26.8 Å². The lowest BCUT2D eigenvalue weighted by atomic mass is 10.2. The van der Waals surface area contributed by atoms with Crippen LogP contribution in [0.5, 0.6) is 0 Å². The standard InChI is InChI=1S/C9H11NO2.C8H11N/c1-10(2)8-6-4-3-5-7(8)9(11)12;1-7-5-3-4-6-8(7)9-2/h3-6H,1-2H3,(H,11,12);3-6,9H,1-2H3. The van der Waals surface area contributed by atoms with E-state index >= 15 is 0 Å². The van der Waals surface area contributed by atoms with Crippen molar-refractivity contribution in [1.82, 2.24) is 0 Å². The highest BCUT2D eigenvalue weighted by molar-refractivity contribution is 5.94. The molecule has 0 aliphatic rings. The minimum atomic E-state index is -0.890. The van der Waals surface area contributed by atoms with Crippen LogP contribution in [0.15, 0.2) is 48.5 Å². The van der Waals surface area contributed by atoms with Crippen LogP contribution < -0.4 is 10.2 Å². The zero-order chi connectivity index (χ0) is 15.8. The van der Waals surface area contributed by atoms with Crippen molar-refractivity contribution in [3.63, 3.8) is 0 Å². The summed E-state index contributed by atoms with van der Waals surface area (Å²) in [5, 5.41) is 11.9. The van der Waals surface area contributed by atoms with Crippen LogP contribution in [0.4, 0.5) is 11.4 Å². The van der Waals surface area contributed by atoms with Crippen molar-refractivity contribution in [3.8, 4) is 0 Å². The number of anilines is 2. The Kier molecular flexibility index (Phi) is 6.27. The van der Waals surface area contributed by atoms with E-state index in [0.29, 0.717) is 5.56 Å². The summed E-state index contributed by atoms with van der Waals surface area (Å²) in [6, 6.07) is 15.1. The summed E-state index contributed by atoms with van der Waals surface area (Å²) in [5.74, 6) is -0.890. The number of nitrogens with zero attached hydrogens (tertiary/aromatic N) is 1. The smallest absolute Gasteiger partial charge is 0.337 e. The van der Waals surface area contributed by atoms with Crippen molar-refractivity contribution in [2.45, 2.75) is 6.92 Å². The predicted octanol–water partition coefficient (Wildman–Crippen LogP) is 3.49. The molecule has 0 aromatic heterocycles. The molecule has 0 amide bonds.